The number of nitrogens with zero attached hydrogens (tertiary/aromatic N) is 3. The maximum absolute atomic E-state index is 12.7. The van der Waals surface area contributed by atoms with Crippen molar-refractivity contribution in [2.45, 2.75) is 38.3 Å². The van der Waals surface area contributed by atoms with Crippen molar-refractivity contribution in [2.24, 2.45) is 18.9 Å². The van der Waals surface area contributed by atoms with E-state index in [-0.39, 0.29) is 0 Å². The molecule has 2 N–H and O–H groups in total. The van der Waals surface area contributed by atoms with Crippen LogP contribution in [0.4, 0.5) is 5.95 Å². The van der Waals surface area contributed by atoms with E-state index in [4.69, 9.17) is 4.74 Å². The number of nitrogens with one attached hydrogen (secondary N) is 2. The minimum absolute atomic E-state index is 0.372. The first kappa shape index (κ1) is 18.0. The number of hydrogen-bond acceptors (Lipinski definition) is 5. The van der Waals surface area contributed by atoms with Crippen molar-refractivity contribution in [3.05, 3.63) is 50.7 Å². The van der Waals surface area contributed by atoms with E-state index in [1.807, 2.05) is 28.8 Å². The van der Waals surface area contributed by atoms with E-state index in [2.05, 4.69) is 15.3 Å². The van der Waals surface area contributed by atoms with Gasteiger partial charge in [-0.05, 0) is 48.8 Å². The maximum Gasteiger partial charge on any atom is 0.329 e. The molecule has 0 amide bonds. The molecule has 8 heteroatoms. The number of ether oxygens (including phenoxy) is 1. The molecule has 0 aliphatic heterocycles. The van der Waals surface area contributed by atoms with E-state index in [1.54, 1.807) is 14.2 Å². The number of rotatable bonds is 5. The van der Waals surface area contributed by atoms with Gasteiger partial charge in [0.2, 0.25) is 5.95 Å². The number of benzene rings is 1. The summed E-state index contributed by atoms with van der Waals surface area (Å²) in [6.45, 7) is 0.477. The summed E-state index contributed by atoms with van der Waals surface area (Å²) in [6, 6.07) is 8.12. The topological polar surface area (TPSA) is 93.9 Å². The smallest absolute Gasteiger partial charge is 0.329 e. The molecule has 2 fully saturated rings. The maximum atomic E-state index is 12.7. The Labute approximate surface area is 167 Å². The molecule has 2 bridgehead atoms. The Hall–Kier alpha value is -3.03. The molecule has 2 heterocycles. The largest absolute Gasteiger partial charge is 0.497 e. The number of aromatic nitrogens is 4. The van der Waals surface area contributed by atoms with Crippen LogP contribution in [0.3, 0.4) is 0 Å². The lowest BCUT2D eigenvalue weighted by Crippen LogP contribution is -2.29. The van der Waals surface area contributed by atoms with Crippen molar-refractivity contribution >= 4 is 17.1 Å². The van der Waals surface area contributed by atoms with Crippen molar-refractivity contribution < 1.29 is 4.74 Å². The average Bonchev–Trinajstić information content (AvgIpc) is 3.42. The van der Waals surface area contributed by atoms with Crippen LogP contribution in [0.2, 0.25) is 0 Å². The zero-order valence-electron chi connectivity index (χ0n) is 16.6. The molecule has 1 aromatic carbocycles. The Kier molecular flexibility index (Phi) is 4.22. The van der Waals surface area contributed by atoms with E-state index < -0.39 is 11.2 Å². The first-order valence-electron chi connectivity index (χ1n) is 10.1. The zero-order valence-corrected chi connectivity index (χ0v) is 16.6. The quantitative estimate of drug-likeness (QED) is 0.690. The first-order chi connectivity index (χ1) is 14.0. The second kappa shape index (κ2) is 6.79. The molecule has 0 spiro atoms. The fourth-order valence-corrected chi connectivity index (χ4v) is 5.00. The van der Waals surface area contributed by atoms with Crippen molar-refractivity contribution in [1.82, 2.24) is 19.1 Å². The van der Waals surface area contributed by atoms with Gasteiger partial charge in [0, 0.05) is 13.1 Å². The minimum atomic E-state index is -0.455. The highest BCUT2D eigenvalue weighted by molar-refractivity contribution is 5.74. The molecular weight excluding hydrogens is 370 g/mol. The van der Waals surface area contributed by atoms with Crippen molar-refractivity contribution in [3.63, 3.8) is 0 Å². The number of H-pyrrole nitrogens is 1. The third kappa shape index (κ3) is 3.03. The number of aryl methyl sites for hydroxylation is 1. The van der Waals surface area contributed by atoms with Crippen molar-refractivity contribution in [3.8, 4) is 5.75 Å². The van der Waals surface area contributed by atoms with Crippen molar-refractivity contribution in [1.29, 1.82) is 0 Å². The molecule has 2 aliphatic carbocycles. The van der Waals surface area contributed by atoms with Crippen LogP contribution < -0.4 is 21.3 Å². The summed E-state index contributed by atoms with van der Waals surface area (Å²) < 4.78 is 8.53. The molecule has 3 unspecified atom stereocenters. The normalized spacial score (nSPS) is 23.0. The Morgan fingerprint density at radius 3 is 2.66 bits per heavy atom. The summed E-state index contributed by atoms with van der Waals surface area (Å²) >= 11 is 0. The van der Waals surface area contributed by atoms with E-state index in [0.717, 1.165) is 23.7 Å². The molecule has 0 saturated heterocycles. The summed E-state index contributed by atoms with van der Waals surface area (Å²) in [4.78, 5) is 31.8. The summed E-state index contributed by atoms with van der Waals surface area (Å²) in [6.07, 6.45) is 4.99. The molecule has 29 heavy (non-hydrogen) atoms. The molecule has 2 saturated carbocycles. The molecule has 2 aromatic heterocycles. The fourth-order valence-electron chi connectivity index (χ4n) is 5.00. The van der Waals surface area contributed by atoms with Crippen LogP contribution in [-0.2, 0) is 13.6 Å². The molecule has 3 atom stereocenters. The van der Waals surface area contributed by atoms with E-state index in [9.17, 15) is 9.59 Å². The van der Waals surface area contributed by atoms with Crippen LogP contribution in [-0.4, -0.2) is 32.3 Å². The number of imidazole rings is 1. The summed E-state index contributed by atoms with van der Waals surface area (Å²) in [7, 11) is 3.27. The summed E-state index contributed by atoms with van der Waals surface area (Å²) in [5, 5.41) is 3.61. The Morgan fingerprint density at radius 1 is 1.21 bits per heavy atom. The number of aromatic amines is 1. The molecule has 8 nitrogen and oxygen atoms in total. The van der Waals surface area contributed by atoms with Gasteiger partial charge in [0.1, 0.15) is 5.75 Å². The molecule has 152 valence electrons. The second-order valence-corrected chi connectivity index (χ2v) is 8.29. The number of methoxy groups -OCH3 is 1. The van der Waals surface area contributed by atoms with Gasteiger partial charge in [-0.15, -0.1) is 0 Å². The van der Waals surface area contributed by atoms with Crippen LogP contribution in [0.5, 0.6) is 5.75 Å². The number of fused-ring (bicyclic) bond motifs is 3. The van der Waals surface area contributed by atoms with Gasteiger partial charge >= 0.3 is 5.69 Å². The summed E-state index contributed by atoms with van der Waals surface area (Å²) in [5.41, 5.74) is 0.967. The second-order valence-electron chi connectivity index (χ2n) is 8.29. The lowest BCUT2D eigenvalue weighted by atomic mass is 9.95. The highest BCUT2D eigenvalue weighted by Gasteiger charge is 2.40. The van der Waals surface area contributed by atoms with Gasteiger partial charge in [0.25, 0.3) is 5.56 Å². The van der Waals surface area contributed by atoms with Gasteiger partial charge in [-0.2, -0.15) is 4.98 Å². The van der Waals surface area contributed by atoms with Gasteiger partial charge in [-0.1, -0.05) is 18.6 Å². The minimum Gasteiger partial charge on any atom is -0.497 e. The molecule has 0 radical (unpaired) electrons. The van der Waals surface area contributed by atoms with Crippen LogP contribution in [0, 0.1) is 11.8 Å². The predicted molar refractivity (Wildman–Crippen MR) is 111 cm³/mol. The van der Waals surface area contributed by atoms with E-state index >= 15 is 0 Å². The van der Waals surface area contributed by atoms with Crippen LogP contribution in [0.15, 0.2) is 33.9 Å². The summed E-state index contributed by atoms with van der Waals surface area (Å²) in [5.74, 6) is 2.89. The van der Waals surface area contributed by atoms with E-state index in [0.29, 0.717) is 35.6 Å². The standard InChI is InChI=1S/C21H25N5O3/c1-25-18-17(19(27)24-21(25)28)26(11-12-4-7-15(29-2)8-5-12)20(23-18)22-16-10-13-3-6-14(16)9-13/h4-5,7-8,13-14,16H,3,6,9-11H2,1-2H3,(H,22,23)(H,24,27,28). The van der Waals surface area contributed by atoms with Gasteiger partial charge in [0.05, 0.1) is 13.7 Å². The van der Waals surface area contributed by atoms with Crippen molar-refractivity contribution in [2.75, 3.05) is 12.4 Å². The van der Waals surface area contributed by atoms with Gasteiger partial charge in [-0.25, -0.2) is 4.79 Å². The third-order valence-corrected chi connectivity index (χ3v) is 6.56. The van der Waals surface area contributed by atoms with Crippen LogP contribution in [0.25, 0.3) is 11.2 Å². The van der Waals surface area contributed by atoms with Crippen LogP contribution >= 0.6 is 0 Å². The highest BCUT2D eigenvalue weighted by atomic mass is 16.5. The molecule has 3 aromatic rings. The predicted octanol–water partition coefficient (Wildman–Crippen LogP) is 2.08. The third-order valence-electron chi connectivity index (χ3n) is 6.56. The SMILES string of the molecule is COc1ccc(Cn2c(NC3CC4CCC3C4)nc3c2c(=O)[nH]c(=O)n3C)cc1. The zero-order chi connectivity index (χ0) is 20.1. The monoisotopic (exact) mass is 395 g/mol. The first-order valence-corrected chi connectivity index (χ1v) is 10.1. The van der Waals surface area contributed by atoms with Gasteiger partial charge < -0.3 is 10.1 Å². The number of hydrogen-bond donors (Lipinski definition) is 2. The molecular formula is C21H25N5O3. The lowest BCUT2D eigenvalue weighted by Gasteiger charge is -2.23. The Balaban J connectivity index is 1.59. The fraction of sp³-hybridized carbons (Fsp3) is 0.476. The van der Waals surface area contributed by atoms with Gasteiger partial charge in [-0.3, -0.25) is 18.9 Å². The highest BCUT2D eigenvalue weighted by Crippen LogP contribution is 2.45. The molecule has 5 rings (SSSR count). The Morgan fingerprint density at radius 2 is 2.00 bits per heavy atom. The van der Waals surface area contributed by atoms with E-state index in [1.165, 1.54) is 23.8 Å². The van der Waals surface area contributed by atoms with Crippen LogP contribution in [0.1, 0.15) is 31.2 Å². The lowest BCUT2D eigenvalue weighted by molar-refractivity contribution is 0.414. The average molecular weight is 395 g/mol. The van der Waals surface area contributed by atoms with Gasteiger partial charge in [0.15, 0.2) is 11.2 Å². The Bertz CT molecular complexity index is 1170. The number of anilines is 1. The molecule has 2 aliphatic rings.